The number of ether oxygens (including phenoxy) is 1. The highest BCUT2D eigenvalue weighted by atomic mass is 32.1. The van der Waals surface area contributed by atoms with Gasteiger partial charge in [-0.15, -0.1) is 24.5 Å². The van der Waals surface area contributed by atoms with Crippen molar-refractivity contribution in [1.29, 1.82) is 0 Å². The average molecular weight is 316 g/mol. The zero-order valence-electron chi connectivity index (χ0n) is 11.6. The molecular weight excluding hydrogens is 301 g/mol. The van der Waals surface area contributed by atoms with Crippen LogP contribution < -0.4 is 10.1 Å². The van der Waals surface area contributed by atoms with Gasteiger partial charge in [0.15, 0.2) is 0 Å². The average Bonchev–Trinajstić information content (AvgIpc) is 2.87. The summed E-state index contributed by atoms with van der Waals surface area (Å²) in [5.41, 5.74) is 0.342. The molecule has 2 rings (SSSR count). The molecule has 0 amide bonds. The maximum Gasteiger partial charge on any atom is 0.573 e. The topological polar surface area (TPSA) is 34.2 Å². The Morgan fingerprint density at radius 3 is 2.71 bits per heavy atom. The molecule has 0 aliphatic rings. The monoisotopic (exact) mass is 316 g/mol. The minimum atomic E-state index is -4.72. The molecule has 1 atom stereocenters. The van der Waals surface area contributed by atoms with Crippen molar-refractivity contribution in [2.75, 3.05) is 6.54 Å². The molecule has 1 aromatic carbocycles. The molecule has 0 bridgehead atoms. The van der Waals surface area contributed by atoms with E-state index in [-0.39, 0.29) is 11.8 Å². The Kier molecular flexibility index (Phi) is 4.84. The van der Waals surface area contributed by atoms with E-state index >= 15 is 0 Å². The third kappa shape index (κ3) is 4.18. The van der Waals surface area contributed by atoms with Crippen molar-refractivity contribution in [3.8, 4) is 16.3 Å². The molecule has 0 spiro atoms. The van der Waals surface area contributed by atoms with Gasteiger partial charge < -0.3 is 10.1 Å². The van der Waals surface area contributed by atoms with Crippen molar-refractivity contribution in [3.05, 3.63) is 35.3 Å². The molecule has 21 heavy (non-hydrogen) atoms. The summed E-state index contributed by atoms with van der Waals surface area (Å²) in [4.78, 5) is 5.18. The second-order valence-corrected chi connectivity index (χ2v) is 5.45. The number of para-hydroxylation sites is 1. The SMILES string of the molecule is CCNC(C)c1cnc(-c2ccccc2OC(F)(F)F)s1. The number of hydrogen-bond donors (Lipinski definition) is 1. The Bertz CT molecular complexity index is 598. The van der Waals surface area contributed by atoms with Gasteiger partial charge in [0.2, 0.25) is 0 Å². The molecule has 0 saturated heterocycles. The van der Waals surface area contributed by atoms with Crippen LogP contribution in [0.1, 0.15) is 24.8 Å². The molecule has 2 aromatic rings. The Balaban J connectivity index is 2.30. The number of nitrogens with one attached hydrogen (secondary N) is 1. The number of nitrogens with zero attached hydrogens (tertiary/aromatic N) is 1. The van der Waals surface area contributed by atoms with Crippen LogP contribution in [-0.4, -0.2) is 17.9 Å². The molecule has 3 nitrogen and oxygen atoms in total. The number of rotatable bonds is 5. The van der Waals surface area contributed by atoms with Crippen LogP contribution in [0.3, 0.4) is 0 Å². The molecule has 7 heteroatoms. The summed E-state index contributed by atoms with van der Waals surface area (Å²) in [5.74, 6) is -0.234. The third-order valence-corrected chi connectivity index (χ3v) is 4.02. The van der Waals surface area contributed by atoms with Crippen LogP contribution in [-0.2, 0) is 0 Å². The molecule has 1 unspecified atom stereocenters. The lowest BCUT2D eigenvalue weighted by Crippen LogP contribution is -2.17. The number of alkyl halides is 3. The molecule has 0 aliphatic heterocycles. The maximum atomic E-state index is 12.4. The fourth-order valence-electron chi connectivity index (χ4n) is 1.88. The number of benzene rings is 1. The zero-order chi connectivity index (χ0) is 15.5. The van der Waals surface area contributed by atoms with Crippen LogP contribution in [0.25, 0.3) is 10.6 Å². The summed E-state index contributed by atoms with van der Waals surface area (Å²) in [7, 11) is 0. The van der Waals surface area contributed by atoms with E-state index in [1.54, 1.807) is 18.3 Å². The van der Waals surface area contributed by atoms with Gasteiger partial charge in [-0.1, -0.05) is 19.1 Å². The van der Waals surface area contributed by atoms with Crippen molar-refractivity contribution < 1.29 is 17.9 Å². The quantitative estimate of drug-likeness (QED) is 0.889. The standard InChI is InChI=1S/C14H15F3N2OS/c1-3-18-9(2)12-8-19-13(21-12)10-6-4-5-7-11(10)20-14(15,16)17/h4-9,18H,3H2,1-2H3. The van der Waals surface area contributed by atoms with E-state index < -0.39 is 6.36 Å². The van der Waals surface area contributed by atoms with Crippen LogP contribution in [0.2, 0.25) is 0 Å². The van der Waals surface area contributed by atoms with Gasteiger partial charge in [-0.25, -0.2) is 4.98 Å². The van der Waals surface area contributed by atoms with Crippen LogP contribution in [0.15, 0.2) is 30.5 Å². The number of thiazole rings is 1. The molecule has 1 N–H and O–H groups in total. The van der Waals surface area contributed by atoms with Crippen LogP contribution in [0.4, 0.5) is 13.2 Å². The van der Waals surface area contributed by atoms with E-state index in [9.17, 15) is 13.2 Å². The van der Waals surface area contributed by atoms with Crippen molar-refractivity contribution in [1.82, 2.24) is 10.3 Å². The van der Waals surface area contributed by atoms with Gasteiger partial charge in [0.05, 0.1) is 5.56 Å². The Morgan fingerprint density at radius 2 is 2.05 bits per heavy atom. The van der Waals surface area contributed by atoms with Gasteiger partial charge >= 0.3 is 6.36 Å². The van der Waals surface area contributed by atoms with Gasteiger partial charge in [-0.3, -0.25) is 0 Å². The van der Waals surface area contributed by atoms with Gasteiger partial charge in [0.25, 0.3) is 0 Å². The van der Waals surface area contributed by atoms with Crippen molar-refractivity contribution in [3.63, 3.8) is 0 Å². The van der Waals surface area contributed by atoms with E-state index in [0.29, 0.717) is 10.6 Å². The first-order valence-corrected chi connectivity index (χ1v) is 7.26. The Labute approximate surface area is 124 Å². The first kappa shape index (κ1) is 15.8. The predicted molar refractivity (Wildman–Crippen MR) is 76.3 cm³/mol. The third-order valence-electron chi connectivity index (χ3n) is 2.80. The van der Waals surface area contributed by atoms with Crippen LogP contribution in [0.5, 0.6) is 5.75 Å². The lowest BCUT2D eigenvalue weighted by atomic mass is 10.2. The predicted octanol–water partition coefficient (Wildman–Crippen LogP) is 4.38. The highest BCUT2D eigenvalue weighted by molar-refractivity contribution is 7.15. The molecule has 0 saturated carbocycles. The van der Waals surface area contributed by atoms with Crippen LogP contribution >= 0.6 is 11.3 Å². The molecule has 0 fully saturated rings. The summed E-state index contributed by atoms with van der Waals surface area (Å²) >= 11 is 1.35. The molecule has 0 radical (unpaired) electrons. The Hall–Kier alpha value is -1.60. The van der Waals surface area contributed by atoms with Crippen molar-refractivity contribution in [2.24, 2.45) is 0 Å². The zero-order valence-corrected chi connectivity index (χ0v) is 12.4. The van der Waals surface area contributed by atoms with E-state index in [2.05, 4.69) is 15.0 Å². The smallest absolute Gasteiger partial charge is 0.405 e. The van der Waals surface area contributed by atoms with Crippen molar-refractivity contribution in [2.45, 2.75) is 26.3 Å². The van der Waals surface area contributed by atoms with Gasteiger partial charge in [-0.05, 0) is 25.6 Å². The molecule has 1 aromatic heterocycles. The number of halogens is 3. The summed E-state index contributed by atoms with van der Waals surface area (Å²) in [6.45, 7) is 4.78. The summed E-state index contributed by atoms with van der Waals surface area (Å²) < 4.78 is 41.3. The van der Waals surface area contributed by atoms with Gasteiger partial charge in [0.1, 0.15) is 10.8 Å². The summed E-state index contributed by atoms with van der Waals surface area (Å²) in [6.07, 6.45) is -3.04. The Morgan fingerprint density at radius 1 is 1.33 bits per heavy atom. The summed E-state index contributed by atoms with van der Waals surface area (Å²) in [6, 6.07) is 6.13. The first-order valence-electron chi connectivity index (χ1n) is 6.45. The largest absolute Gasteiger partial charge is 0.573 e. The maximum absolute atomic E-state index is 12.4. The lowest BCUT2D eigenvalue weighted by molar-refractivity contribution is -0.274. The second-order valence-electron chi connectivity index (χ2n) is 4.39. The molecule has 1 heterocycles. The fraction of sp³-hybridized carbons (Fsp3) is 0.357. The normalized spacial score (nSPS) is 13.2. The second kappa shape index (κ2) is 6.44. The van der Waals surface area contributed by atoms with E-state index in [0.717, 1.165) is 11.4 Å². The lowest BCUT2D eigenvalue weighted by Gasteiger charge is -2.11. The van der Waals surface area contributed by atoms with Gasteiger partial charge in [0, 0.05) is 17.1 Å². The fourth-order valence-corrected chi connectivity index (χ4v) is 2.85. The summed E-state index contributed by atoms with van der Waals surface area (Å²) in [5, 5.41) is 3.75. The number of aromatic nitrogens is 1. The van der Waals surface area contributed by atoms with E-state index in [4.69, 9.17) is 0 Å². The first-order chi connectivity index (χ1) is 9.90. The van der Waals surface area contributed by atoms with Gasteiger partial charge in [-0.2, -0.15) is 0 Å². The van der Waals surface area contributed by atoms with Crippen molar-refractivity contribution >= 4 is 11.3 Å². The number of hydrogen-bond acceptors (Lipinski definition) is 4. The molecule has 114 valence electrons. The molecule has 0 aliphatic carbocycles. The van der Waals surface area contributed by atoms with Crippen LogP contribution in [0, 0.1) is 0 Å². The highest BCUT2D eigenvalue weighted by Gasteiger charge is 2.32. The minimum Gasteiger partial charge on any atom is -0.405 e. The minimum absolute atomic E-state index is 0.108. The molecular formula is C14H15F3N2OS. The highest BCUT2D eigenvalue weighted by Crippen LogP contribution is 2.36. The van der Waals surface area contributed by atoms with E-state index in [1.165, 1.54) is 23.5 Å². The van der Waals surface area contributed by atoms with E-state index in [1.807, 2.05) is 13.8 Å².